The molecule has 1 aliphatic heterocycles. The molecule has 0 atom stereocenters. The summed E-state index contributed by atoms with van der Waals surface area (Å²) in [5, 5.41) is 3.28. The molecule has 1 aliphatic carbocycles. The van der Waals surface area contributed by atoms with E-state index in [1.807, 2.05) is 17.0 Å². The van der Waals surface area contributed by atoms with Crippen molar-refractivity contribution in [1.82, 2.24) is 10.2 Å². The highest BCUT2D eigenvalue weighted by molar-refractivity contribution is 5.94. The molecule has 0 spiro atoms. The van der Waals surface area contributed by atoms with Gasteiger partial charge in [0.05, 0.1) is 0 Å². The Balaban J connectivity index is 0.00000161. The molecule has 1 heterocycles. The third kappa shape index (κ3) is 3.98. The third-order valence-electron chi connectivity index (χ3n) is 4.64. The number of rotatable bonds is 2. The summed E-state index contributed by atoms with van der Waals surface area (Å²) in [6.07, 6.45) is 6.71. The number of halogens is 1. The minimum absolute atomic E-state index is 0. The zero-order valence-corrected chi connectivity index (χ0v) is 13.3. The highest BCUT2D eigenvalue weighted by atomic mass is 35.5. The summed E-state index contributed by atoms with van der Waals surface area (Å²) in [6.45, 7) is 3.46. The lowest BCUT2D eigenvalue weighted by Crippen LogP contribution is -2.46. The summed E-state index contributed by atoms with van der Waals surface area (Å²) < 4.78 is 0. The van der Waals surface area contributed by atoms with E-state index in [0.717, 1.165) is 31.7 Å². The van der Waals surface area contributed by atoms with Crippen molar-refractivity contribution in [2.75, 3.05) is 26.2 Å². The fraction of sp³-hybridized carbons (Fsp3) is 0.588. The first-order valence-electron chi connectivity index (χ1n) is 7.94. The van der Waals surface area contributed by atoms with Crippen LogP contribution in [0.15, 0.2) is 24.3 Å². The van der Waals surface area contributed by atoms with E-state index in [9.17, 15) is 4.79 Å². The first kappa shape index (κ1) is 16.3. The largest absolute Gasteiger partial charge is 0.336 e. The molecule has 21 heavy (non-hydrogen) atoms. The highest BCUT2D eigenvalue weighted by Crippen LogP contribution is 2.32. The van der Waals surface area contributed by atoms with Gasteiger partial charge >= 0.3 is 0 Å². The molecule has 2 fully saturated rings. The second kappa shape index (κ2) is 7.81. The Hall–Kier alpha value is -1.06. The van der Waals surface area contributed by atoms with E-state index in [1.165, 1.54) is 37.7 Å². The van der Waals surface area contributed by atoms with Gasteiger partial charge in [-0.15, -0.1) is 12.4 Å². The topological polar surface area (TPSA) is 32.3 Å². The lowest BCUT2D eigenvalue weighted by Gasteiger charge is -2.27. The van der Waals surface area contributed by atoms with Crippen molar-refractivity contribution < 1.29 is 4.79 Å². The van der Waals surface area contributed by atoms with Gasteiger partial charge in [0.15, 0.2) is 0 Å². The predicted molar refractivity (Wildman–Crippen MR) is 88.3 cm³/mol. The van der Waals surface area contributed by atoms with Crippen molar-refractivity contribution in [3.63, 3.8) is 0 Å². The van der Waals surface area contributed by atoms with Crippen molar-refractivity contribution in [3.05, 3.63) is 35.4 Å². The lowest BCUT2D eigenvalue weighted by molar-refractivity contribution is 0.0736. The van der Waals surface area contributed by atoms with E-state index >= 15 is 0 Å². The van der Waals surface area contributed by atoms with Gasteiger partial charge in [0.25, 0.3) is 5.91 Å². The molecular weight excluding hydrogens is 284 g/mol. The molecule has 0 bridgehead atoms. The Morgan fingerprint density at radius 2 is 1.62 bits per heavy atom. The minimum atomic E-state index is 0. The van der Waals surface area contributed by atoms with Crippen LogP contribution in [0.3, 0.4) is 0 Å². The fourth-order valence-electron chi connectivity index (χ4n) is 3.38. The molecule has 0 unspecified atom stereocenters. The Morgan fingerprint density at radius 3 is 2.24 bits per heavy atom. The Labute approximate surface area is 133 Å². The zero-order chi connectivity index (χ0) is 13.8. The van der Waals surface area contributed by atoms with E-state index in [-0.39, 0.29) is 18.3 Å². The van der Waals surface area contributed by atoms with Crippen LogP contribution in [0.4, 0.5) is 0 Å². The standard InChI is InChI=1S/C17H24N2O.ClH/c20-17(19-12-10-18-11-13-19)16-8-6-15(7-9-16)14-4-2-1-3-5-14;/h6-9,14,18H,1-5,10-13H2;1H. The SMILES string of the molecule is Cl.O=C(c1ccc(C2CCCCC2)cc1)N1CCNCC1. The first-order chi connectivity index (χ1) is 9.84. The average molecular weight is 309 g/mol. The minimum Gasteiger partial charge on any atom is -0.336 e. The number of hydrogen-bond donors (Lipinski definition) is 1. The van der Waals surface area contributed by atoms with Gasteiger partial charge in [-0.3, -0.25) is 4.79 Å². The maximum Gasteiger partial charge on any atom is 0.253 e. The van der Waals surface area contributed by atoms with E-state index in [4.69, 9.17) is 0 Å². The van der Waals surface area contributed by atoms with Crippen molar-refractivity contribution in [1.29, 1.82) is 0 Å². The van der Waals surface area contributed by atoms with Gasteiger partial charge in [0.2, 0.25) is 0 Å². The van der Waals surface area contributed by atoms with E-state index in [2.05, 4.69) is 17.4 Å². The summed E-state index contributed by atoms with van der Waals surface area (Å²) in [7, 11) is 0. The second-order valence-electron chi connectivity index (χ2n) is 6.00. The van der Waals surface area contributed by atoms with Crippen LogP contribution in [0.2, 0.25) is 0 Å². The van der Waals surface area contributed by atoms with Gasteiger partial charge < -0.3 is 10.2 Å². The molecule has 0 aromatic heterocycles. The number of nitrogens with zero attached hydrogens (tertiary/aromatic N) is 1. The number of piperazine rings is 1. The molecule has 2 aliphatic rings. The van der Waals surface area contributed by atoms with Crippen LogP contribution >= 0.6 is 12.4 Å². The monoisotopic (exact) mass is 308 g/mol. The van der Waals surface area contributed by atoms with Crippen LogP contribution in [-0.2, 0) is 0 Å². The molecule has 3 nitrogen and oxygen atoms in total. The van der Waals surface area contributed by atoms with Crippen molar-refractivity contribution >= 4 is 18.3 Å². The number of hydrogen-bond acceptors (Lipinski definition) is 2. The summed E-state index contributed by atoms with van der Waals surface area (Å²) in [5.74, 6) is 0.897. The van der Waals surface area contributed by atoms with E-state index in [1.54, 1.807) is 0 Å². The Bertz CT molecular complexity index is 448. The van der Waals surface area contributed by atoms with E-state index in [0.29, 0.717) is 5.92 Å². The van der Waals surface area contributed by atoms with Crippen molar-refractivity contribution in [3.8, 4) is 0 Å². The predicted octanol–water partition coefficient (Wildman–Crippen LogP) is 3.20. The maximum atomic E-state index is 12.4. The summed E-state index contributed by atoms with van der Waals surface area (Å²) in [5.41, 5.74) is 2.26. The molecule has 1 amide bonds. The highest BCUT2D eigenvalue weighted by Gasteiger charge is 2.19. The van der Waals surface area contributed by atoms with Crippen molar-refractivity contribution in [2.24, 2.45) is 0 Å². The van der Waals surface area contributed by atoms with Crippen LogP contribution in [-0.4, -0.2) is 37.0 Å². The maximum absolute atomic E-state index is 12.4. The zero-order valence-electron chi connectivity index (χ0n) is 12.5. The van der Waals surface area contributed by atoms with Crippen molar-refractivity contribution in [2.45, 2.75) is 38.0 Å². The van der Waals surface area contributed by atoms with E-state index < -0.39 is 0 Å². The molecule has 1 N–H and O–H groups in total. The number of benzene rings is 1. The Morgan fingerprint density at radius 1 is 1.00 bits per heavy atom. The molecule has 4 heteroatoms. The number of carbonyl (C=O) groups is 1. The number of amides is 1. The van der Waals surface area contributed by atoms with Gasteiger partial charge in [-0.05, 0) is 36.5 Å². The van der Waals surface area contributed by atoms with Gasteiger partial charge in [-0.2, -0.15) is 0 Å². The smallest absolute Gasteiger partial charge is 0.253 e. The Kier molecular flexibility index (Phi) is 6.07. The van der Waals surface area contributed by atoms with Gasteiger partial charge in [0.1, 0.15) is 0 Å². The first-order valence-corrected chi connectivity index (χ1v) is 7.94. The molecule has 1 saturated heterocycles. The average Bonchev–Trinajstić information content (AvgIpc) is 2.56. The lowest BCUT2D eigenvalue weighted by atomic mass is 9.84. The molecular formula is C17H25ClN2O. The molecule has 0 radical (unpaired) electrons. The second-order valence-corrected chi connectivity index (χ2v) is 6.00. The van der Waals surface area contributed by atoms with Crippen LogP contribution in [0.25, 0.3) is 0 Å². The molecule has 1 saturated carbocycles. The summed E-state index contributed by atoms with van der Waals surface area (Å²) >= 11 is 0. The molecule has 116 valence electrons. The van der Waals surface area contributed by atoms with Crippen LogP contribution < -0.4 is 5.32 Å². The number of carbonyl (C=O) groups excluding carboxylic acids is 1. The quantitative estimate of drug-likeness (QED) is 0.910. The van der Waals surface area contributed by atoms with Gasteiger partial charge in [-0.1, -0.05) is 31.4 Å². The summed E-state index contributed by atoms with van der Waals surface area (Å²) in [4.78, 5) is 14.3. The molecule has 1 aromatic rings. The molecule has 1 aromatic carbocycles. The summed E-state index contributed by atoms with van der Waals surface area (Å²) in [6, 6.07) is 8.39. The van der Waals surface area contributed by atoms with Crippen LogP contribution in [0.5, 0.6) is 0 Å². The van der Waals surface area contributed by atoms with Crippen LogP contribution in [0, 0.1) is 0 Å². The van der Waals surface area contributed by atoms with Crippen LogP contribution in [0.1, 0.15) is 53.9 Å². The van der Waals surface area contributed by atoms with Gasteiger partial charge in [-0.25, -0.2) is 0 Å². The fourth-order valence-corrected chi connectivity index (χ4v) is 3.38. The number of nitrogens with one attached hydrogen (secondary N) is 1. The van der Waals surface area contributed by atoms with Gasteiger partial charge in [0, 0.05) is 31.7 Å². The third-order valence-corrected chi connectivity index (χ3v) is 4.64. The molecule has 3 rings (SSSR count). The normalized spacial score (nSPS) is 19.9.